The Morgan fingerprint density at radius 1 is 0.947 bits per heavy atom. The molecular formula is C14H12FN3S. The highest BCUT2D eigenvalue weighted by Gasteiger charge is 2.27. The van der Waals surface area contributed by atoms with Gasteiger partial charge in [0.25, 0.3) is 0 Å². The first-order chi connectivity index (χ1) is 9.25. The monoisotopic (exact) mass is 273 g/mol. The van der Waals surface area contributed by atoms with E-state index in [1.165, 1.54) is 12.1 Å². The largest absolute Gasteiger partial charge is 0.342 e. The molecule has 0 amide bonds. The number of hydrogen-bond donors (Lipinski definition) is 1. The van der Waals surface area contributed by atoms with Crippen LogP contribution in [0, 0.1) is 5.82 Å². The summed E-state index contributed by atoms with van der Waals surface area (Å²) in [5, 5.41) is 7.60. The van der Waals surface area contributed by atoms with E-state index in [0.29, 0.717) is 11.8 Å². The van der Waals surface area contributed by atoms with Crippen LogP contribution in [0.3, 0.4) is 0 Å². The Labute approximate surface area is 116 Å². The summed E-state index contributed by atoms with van der Waals surface area (Å²) in [6.45, 7) is 0.597. The van der Waals surface area contributed by atoms with E-state index in [-0.39, 0.29) is 5.82 Å². The van der Waals surface area contributed by atoms with Crippen LogP contribution in [0.5, 0.6) is 0 Å². The second kappa shape index (κ2) is 4.85. The van der Waals surface area contributed by atoms with E-state index in [1.54, 1.807) is 12.1 Å². The van der Waals surface area contributed by atoms with Crippen molar-refractivity contribution in [2.45, 2.75) is 0 Å². The molecule has 1 N–H and O–H groups in total. The summed E-state index contributed by atoms with van der Waals surface area (Å²) in [5.74, 6) is -0.256. The minimum Gasteiger partial charge on any atom is -0.342 e. The van der Waals surface area contributed by atoms with Crippen molar-refractivity contribution in [3.63, 3.8) is 0 Å². The molecule has 2 aromatic rings. The molecule has 19 heavy (non-hydrogen) atoms. The number of rotatable bonds is 2. The van der Waals surface area contributed by atoms with Crippen molar-refractivity contribution in [3.8, 4) is 0 Å². The van der Waals surface area contributed by atoms with E-state index >= 15 is 0 Å². The zero-order valence-corrected chi connectivity index (χ0v) is 10.9. The van der Waals surface area contributed by atoms with E-state index < -0.39 is 0 Å². The van der Waals surface area contributed by atoms with Gasteiger partial charge in [0, 0.05) is 0 Å². The summed E-state index contributed by atoms with van der Waals surface area (Å²) >= 11 is 5.31. The van der Waals surface area contributed by atoms with Crippen molar-refractivity contribution >= 4 is 28.7 Å². The van der Waals surface area contributed by atoms with Gasteiger partial charge in [-0.1, -0.05) is 18.2 Å². The molecule has 0 bridgehead atoms. The van der Waals surface area contributed by atoms with E-state index in [2.05, 4.69) is 5.32 Å². The van der Waals surface area contributed by atoms with Crippen LogP contribution in [-0.4, -0.2) is 11.8 Å². The average Bonchev–Trinajstić information content (AvgIpc) is 2.83. The van der Waals surface area contributed by atoms with Gasteiger partial charge in [0.05, 0.1) is 11.4 Å². The van der Waals surface area contributed by atoms with Crippen LogP contribution < -0.4 is 15.3 Å². The second-order valence-corrected chi connectivity index (χ2v) is 4.55. The van der Waals surface area contributed by atoms with Crippen LogP contribution in [0.25, 0.3) is 0 Å². The smallest absolute Gasteiger partial charge is 0.194 e. The maximum atomic E-state index is 13.0. The Bertz CT molecular complexity index is 585. The number of anilines is 2. The van der Waals surface area contributed by atoms with Crippen molar-refractivity contribution in [2.75, 3.05) is 16.7 Å². The van der Waals surface area contributed by atoms with Gasteiger partial charge in [-0.25, -0.2) is 9.40 Å². The molecule has 0 aromatic heterocycles. The minimum absolute atomic E-state index is 0.256. The first-order valence-electron chi connectivity index (χ1n) is 5.92. The third-order valence-electron chi connectivity index (χ3n) is 2.94. The highest BCUT2D eigenvalue weighted by molar-refractivity contribution is 7.80. The molecule has 96 valence electrons. The molecule has 0 saturated carbocycles. The first kappa shape index (κ1) is 11.9. The molecule has 0 spiro atoms. The molecule has 0 unspecified atom stereocenters. The van der Waals surface area contributed by atoms with E-state index in [1.807, 2.05) is 40.3 Å². The Balaban J connectivity index is 1.97. The molecule has 1 aliphatic heterocycles. The van der Waals surface area contributed by atoms with Crippen molar-refractivity contribution in [1.29, 1.82) is 0 Å². The number of benzene rings is 2. The third kappa shape index (κ3) is 2.24. The molecule has 1 heterocycles. The quantitative estimate of drug-likeness (QED) is 0.848. The second-order valence-electron chi connectivity index (χ2n) is 4.16. The number of halogens is 1. The molecule has 0 radical (unpaired) electrons. The summed E-state index contributed by atoms with van der Waals surface area (Å²) in [4.78, 5) is 0. The lowest BCUT2D eigenvalue weighted by atomic mass is 10.3. The highest BCUT2D eigenvalue weighted by Crippen LogP contribution is 2.25. The van der Waals surface area contributed by atoms with E-state index in [0.717, 1.165) is 11.4 Å². The number of nitrogens with one attached hydrogen (secondary N) is 1. The Morgan fingerprint density at radius 3 is 2.32 bits per heavy atom. The number of hydrazine groups is 1. The van der Waals surface area contributed by atoms with Gasteiger partial charge in [-0.2, -0.15) is 0 Å². The first-order valence-corrected chi connectivity index (χ1v) is 6.32. The number of thiocarbonyl (C=S) groups is 1. The van der Waals surface area contributed by atoms with Crippen molar-refractivity contribution in [1.82, 2.24) is 5.32 Å². The average molecular weight is 273 g/mol. The fourth-order valence-electron chi connectivity index (χ4n) is 2.04. The zero-order valence-electron chi connectivity index (χ0n) is 10.1. The van der Waals surface area contributed by atoms with Crippen molar-refractivity contribution < 1.29 is 4.39 Å². The number of nitrogens with zero attached hydrogens (tertiary/aromatic N) is 2. The Hall–Kier alpha value is -2.14. The van der Waals surface area contributed by atoms with Crippen LogP contribution in [0.1, 0.15) is 0 Å². The van der Waals surface area contributed by atoms with Gasteiger partial charge in [0.1, 0.15) is 12.5 Å². The molecule has 2 aromatic carbocycles. The van der Waals surface area contributed by atoms with E-state index in [9.17, 15) is 4.39 Å². The van der Waals surface area contributed by atoms with Crippen molar-refractivity contribution in [2.24, 2.45) is 0 Å². The third-order valence-corrected chi connectivity index (χ3v) is 3.26. The van der Waals surface area contributed by atoms with Crippen LogP contribution in [-0.2, 0) is 0 Å². The van der Waals surface area contributed by atoms with Gasteiger partial charge in [-0.15, -0.1) is 0 Å². The van der Waals surface area contributed by atoms with E-state index in [4.69, 9.17) is 12.2 Å². The molecule has 5 heteroatoms. The number of para-hydroxylation sites is 1. The van der Waals surface area contributed by atoms with Crippen LogP contribution in [0.2, 0.25) is 0 Å². The zero-order chi connectivity index (χ0) is 13.2. The van der Waals surface area contributed by atoms with Gasteiger partial charge >= 0.3 is 0 Å². The fraction of sp³-hybridized carbons (Fsp3) is 0.0714. The Morgan fingerprint density at radius 2 is 1.63 bits per heavy atom. The highest BCUT2D eigenvalue weighted by atomic mass is 32.1. The molecule has 1 saturated heterocycles. The predicted molar refractivity (Wildman–Crippen MR) is 78.4 cm³/mol. The molecule has 1 aliphatic rings. The Kier molecular flexibility index (Phi) is 3.05. The molecule has 1 fully saturated rings. The molecule has 0 aliphatic carbocycles. The summed E-state index contributed by atoms with van der Waals surface area (Å²) in [5.41, 5.74) is 1.86. The SMILES string of the molecule is Fc1ccc(N2C(=S)NCN2c2ccccc2)cc1. The molecule has 0 atom stereocenters. The van der Waals surface area contributed by atoms with Gasteiger partial charge in [0.15, 0.2) is 5.11 Å². The normalized spacial score (nSPS) is 14.7. The van der Waals surface area contributed by atoms with Crippen LogP contribution in [0.4, 0.5) is 15.8 Å². The maximum Gasteiger partial charge on any atom is 0.194 e. The summed E-state index contributed by atoms with van der Waals surface area (Å²) < 4.78 is 13.0. The summed E-state index contributed by atoms with van der Waals surface area (Å²) in [6, 6.07) is 16.2. The summed E-state index contributed by atoms with van der Waals surface area (Å²) in [7, 11) is 0. The molecule has 3 nitrogen and oxygen atoms in total. The lowest BCUT2D eigenvalue weighted by molar-refractivity contribution is 0.628. The van der Waals surface area contributed by atoms with Gasteiger partial charge in [-0.05, 0) is 48.6 Å². The van der Waals surface area contributed by atoms with Gasteiger partial charge in [0.2, 0.25) is 0 Å². The van der Waals surface area contributed by atoms with Crippen LogP contribution in [0.15, 0.2) is 54.6 Å². The van der Waals surface area contributed by atoms with Gasteiger partial charge in [-0.3, -0.25) is 5.01 Å². The lowest BCUT2D eigenvalue weighted by Gasteiger charge is -2.29. The molecule has 3 rings (SSSR count). The maximum absolute atomic E-state index is 13.0. The molecular weight excluding hydrogens is 261 g/mol. The minimum atomic E-state index is -0.256. The standard InChI is InChI=1S/C14H12FN3S/c15-11-6-8-13(9-7-11)18-14(19)16-10-17(18)12-4-2-1-3-5-12/h1-9H,10H2,(H,16,19). The lowest BCUT2D eigenvalue weighted by Crippen LogP contribution is -2.38. The topological polar surface area (TPSA) is 18.5 Å². The predicted octanol–water partition coefficient (Wildman–Crippen LogP) is 2.90. The van der Waals surface area contributed by atoms with Crippen LogP contribution >= 0.6 is 12.2 Å². The van der Waals surface area contributed by atoms with Crippen molar-refractivity contribution in [3.05, 3.63) is 60.4 Å². The van der Waals surface area contributed by atoms with Gasteiger partial charge < -0.3 is 5.32 Å². The number of hydrogen-bond acceptors (Lipinski definition) is 2. The summed E-state index contributed by atoms with van der Waals surface area (Å²) in [6.07, 6.45) is 0. The fourth-order valence-corrected chi connectivity index (χ4v) is 2.31.